The van der Waals surface area contributed by atoms with Crippen LogP contribution in [0, 0.1) is 18.8 Å². The first-order valence-corrected chi connectivity index (χ1v) is 11.7. The Labute approximate surface area is 194 Å². The number of aryl methyl sites for hydroxylation is 1. The highest BCUT2D eigenvalue weighted by molar-refractivity contribution is 9.10. The van der Waals surface area contributed by atoms with Gasteiger partial charge in [-0.05, 0) is 59.6 Å². The van der Waals surface area contributed by atoms with Crippen LogP contribution in [0.25, 0.3) is 16.5 Å². The van der Waals surface area contributed by atoms with Crippen LogP contribution in [-0.2, 0) is 9.59 Å². The van der Waals surface area contributed by atoms with Gasteiger partial charge in [0.15, 0.2) is 5.16 Å². The van der Waals surface area contributed by atoms with Crippen molar-refractivity contribution in [2.24, 2.45) is 11.8 Å². The zero-order valence-electron chi connectivity index (χ0n) is 18.2. The van der Waals surface area contributed by atoms with Crippen LogP contribution >= 0.6 is 27.7 Å². The van der Waals surface area contributed by atoms with Gasteiger partial charge in [0.2, 0.25) is 4.73 Å². The summed E-state index contributed by atoms with van der Waals surface area (Å²) in [6.07, 6.45) is -0.0181. The molecule has 0 aliphatic rings. The molecule has 0 saturated heterocycles. The number of hydrogen-bond acceptors (Lipinski definition) is 5. The molecular formula is C23H26BrN3O3S. The number of aliphatic carboxylic acids is 1. The number of hydrogen-bond donors (Lipinski definition) is 1. The largest absolute Gasteiger partial charge is 0.481 e. The highest BCUT2D eigenvalue weighted by Crippen LogP contribution is 2.38. The first-order valence-electron chi connectivity index (χ1n) is 10.1. The maximum Gasteiger partial charge on any atom is 0.307 e. The SMILES string of the molecule is Cc1ccc(-n2c(Br)nnc2SC(C)(C)C(=O)CC(C(=O)O)C(C)C)c2ccccc12. The lowest BCUT2D eigenvalue weighted by molar-refractivity contribution is -0.145. The van der Waals surface area contributed by atoms with Gasteiger partial charge in [-0.1, -0.05) is 55.9 Å². The maximum atomic E-state index is 13.0. The third-order valence-corrected chi connectivity index (χ3v) is 7.20. The van der Waals surface area contributed by atoms with E-state index in [2.05, 4.69) is 51.3 Å². The average Bonchev–Trinajstić information content (AvgIpc) is 3.05. The molecule has 2 aromatic carbocycles. The second-order valence-electron chi connectivity index (χ2n) is 8.46. The van der Waals surface area contributed by atoms with Crippen molar-refractivity contribution in [2.45, 2.75) is 50.9 Å². The van der Waals surface area contributed by atoms with E-state index in [1.165, 1.54) is 17.3 Å². The number of benzene rings is 2. The summed E-state index contributed by atoms with van der Waals surface area (Å²) in [6.45, 7) is 9.32. The van der Waals surface area contributed by atoms with E-state index in [1.54, 1.807) is 13.8 Å². The standard InChI is InChI=1S/C23H26BrN3O3S/c1-13(2)17(20(29)30)12-19(28)23(4,5)31-22-26-25-21(24)27(22)18-11-10-14(3)15-8-6-7-9-16(15)18/h6-11,13,17H,12H2,1-5H3,(H,29,30). The van der Waals surface area contributed by atoms with Gasteiger partial charge in [-0.2, -0.15) is 0 Å². The van der Waals surface area contributed by atoms with E-state index < -0.39 is 16.6 Å². The Balaban J connectivity index is 1.98. The van der Waals surface area contributed by atoms with Gasteiger partial charge in [0.05, 0.1) is 16.4 Å². The van der Waals surface area contributed by atoms with Gasteiger partial charge in [0.1, 0.15) is 5.78 Å². The fourth-order valence-electron chi connectivity index (χ4n) is 3.49. The molecule has 6 nitrogen and oxygen atoms in total. The summed E-state index contributed by atoms with van der Waals surface area (Å²) in [5.74, 6) is -1.91. The van der Waals surface area contributed by atoms with E-state index in [0.29, 0.717) is 9.89 Å². The van der Waals surface area contributed by atoms with E-state index >= 15 is 0 Å². The Morgan fingerprint density at radius 3 is 2.39 bits per heavy atom. The summed E-state index contributed by atoms with van der Waals surface area (Å²) in [4.78, 5) is 24.6. The Morgan fingerprint density at radius 2 is 1.77 bits per heavy atom. The van der Waals surface area contributed by atoms with Crippen molar-refractivity contribution in [2.75, 3.05) is 0 Å². The summed E-state index contributed by atoms with van der Waals surface area (Å²) in [5, 5.41) is 20.7. The number of nitrogens with zero attached hydrogens (tertiary/aromatic N) is 3. The van der Waals surface area contributed by atoms with Crippen LogP contribution in [0.15, 0.2) is 46.3 Å². The molecule has 0 aliphatic carbocycles. The number of fused-ring (bicyclic) bond motifs is 1. The Kier molecular flexibility index (Phi) is 6.91. The average molecular weight is 504 g/mol. The molecule has 0 radical (unpaired) electrons. The van der Waals surface area contributed by atoms with Gasteiger partial charge in [-0.15, -0.1) is 10.2 Å². The molecule has 0 amide bonds. The van der Waals surface area contributed by atoms with Crippen molar-refractivity contribution in [3.05, 3.63) is 46.7 Å². The third-order valence-electron chi connectivity index (χ3n) is 5.50. The van der Waals surface area contributed by atoms with E-state index in [0.717, 1.165) is 16.5 Å². The highest BCUT2D eigenvalue weighted by Gasteiger charge is 2.35. The molecule has 1 heterocycles. The number of carbonyl (C=O) groups is 2. The van der Waals surface area contributed by atoms with Crippen LogP contribution in [0.5, 0.6) is 0 Å². The second-order valence-corrected chi connectivity index (χ2v) is 10.8. The van der Waals surface area contributed by atoms with Crippen molar-refractivity contribution < 1.29 is 14.7 Å². The van der Waals surface area contributed by atoms with Crippen LogP contribution < -0.4 is 0 Å². The fourth-order valence-corrected chi connectivity index (χ4v) is 5.06. The Hall–Kier alpha value is -2.19. The molecule has 3 rings (SSSR count). The van der Waals surface area contributed by atoms with E-state index in [9.17, 15) is 14.7 Å². The van der Waals surface area contributed by atoms with Gasteiger partial charge in [0, 0.05) is 11.8 Å². The number of ketones is 1. The summed E-state index contributed by atoms with van der Waals surface area (Å²) in [5.41, 5.74) is 2.08. The topological polar surface area (TPSA) is 85.1 Å². The first kappa shape index (κ1) is 23.5. The van der Waals surface area contributed by atoms with Gasteiger partial charge in [-0.3, -0.25) is 14.2 Å². The number of carboxylic acid groups (broad SMARTS) is 1. The number of thioether (sulfide) groups is 1. The molecule has 1 atom stereocenters. The maximum absolute atomic E-state index is 13.0. The molecule has 0 aliphatic heterocycles. The molecule has 8 heteroatoms. The van der Waals surface area contributed by atoms with Crippen LogP contribution in [-0.4, -0.2) is 36.4 Å². The van der Waals surface area contributed by atoms with E-state index in [-0.39, 0.29) is 18.1 Å². The van der Waals surface area contributed by atoms with Crippen molar-refractivity contribution in [1.29, 1.82) is 0 Å². The summed E-state index contributed by atoms with van der Waals surface area (Å²) in [7, 11) is 0. The number of halogens is 1. The zero-order valence-corrected chi connectivity index (χ0v) is 20.6. The van der Waals surface area contributed by atoms with E-state index in [4.69, 9.17) is 0 Å². The van der Waals surface area contributed by atoms with Crippen molar-refractivity contribution in [3.8, 4) is 5.69 Å². The van der Waals surface area contributed by atoms with Gasteiger partial charge < -0.3 is 5.11 Å². The van der Waals surface area contributed by atoms with Crippen LogP contribution in [0.3, 0.4) is 0 Å². The molecular weight excluding hydrogens is 478 g/mol. The Morgan fingerprint density at radius 1 is 1.13 bits per heavy atom. The van der Waals surface area contributed by atoms with E-state index in [1.807, 2.05) is 36.6 Å². The molecule has 164 valence electrons. The number of Topliss-reactive ketones (excluding diaryl/α,β-unsaturated/α-hetero) is 1. The normalized spacial score (nSPS) is 13.0. The van der Waals surface area contributed by atoms with Gasteiger partial charge in [0.25, 0.3) is 0 Å². The molecule has 1 unspecified atom stereocenters. The summed E-state index contributed by atoms with van der Waals surface area (Å²) < 4.78 is 1.56. The Bertz CT molecular complexity index is 1140. The molecule has 0 saturated carbocycles. The summed E-state index contributed by atoms with van der Waals surface area (Å²) in [6, 6.07) is 12.2. The smallest absolute Gasteiger partial charge is 0.307 e. The van der Waals surface area contributed by atoms with Crippen molar-refractivity contribution in [1.82, 2.24) is 14.8 Å². The molecule has 0 bridgehead atoms. The molecule has 1 N–H and O–H groups in total. The van der Waals surface area contributed by atoms with Crippen LogP contribution in [0.1, 0.15) is 39.7 Å². The lowest BCUT2D eigenvalue weighted by Crippen LogP contribution is -2.33. The minimum absolute atomic E-state index is 0.0181. The molecule has 31 heavy (non-hydrogen) atoms. The fraction of sp³-hybridized carbons (Fsp3) is 0.391. The van der Waals surface area contributed by atoms with Crippen molar-refractivity contribution in [3.63, 3.8) is 0 Å². The van der Waals surface area contributed by atoms with Gasteiger partial charge >= 0.3 is 5.97 Å². The van der Waals surface area contributed by atoms with Crippen LogP contribution in [0.2, 0.25) is 0 Å². The molecule has 3 aromatic rings. The van der Waals surface area contributed by atoms with Crippen molar-refractivity contribution >= 4 is 50.2 Å². The number of carboxylic acids is 1. The number of carbonyl (C=O) groups excluding carboxylic acids is 1. The second kappa shape index (κ2) is 9.12. The van der Waals surface area contributed by atoms with Gasteiger partial charge in [-0.25, -0.2) is 0 Å². The molecule has 0 spiro atoms. The predicted octanol–water partition coefficient (Wildman–Crippen LogP) is 5.68. The molecule has 0 fully saturated rings. The minimum Gasteiger partial charge on any atom is -0.481 e. The predicted molar refractivity (Wildman–Crippen MR) is 127 cm³/mol. The zero-order chi connectivity index (χ0) is 22.9. The highest BCUT2D eigenvalue weighted by atomic mass is 79.9. The summed E-state index contributed by atoms with van der Waals surface area (Å²) >= 11 is 4.79. The third kappa shape index (κ3) is 4.85. The monoisotopic (exact) mass is 503 g/mol. The van der Waals surface area contributed by atoms with Crippen LogP contribution in [0.4, 0.5) is 0 Å². The number of aromatic nitrogens is 3. The quantitative estimate of drug-likeness (QED) is 0.398. The first-order chi connectivity index (χ1) is 14.5. The number of rotatable bonds is 8. The lowest BCUT2D eigenvalue weighted by atomic mass is 9.88. The molecule has 1 aromatic heterocycles. The lowest BCUT2D eigenvalue weighted by Gasteiger charge is -2.25. The minimum atomic E-state index is -0.943.